The summed E-state index contributed by atoms with van der Waals surface area (Å²) in [5.74, 6) is -0.777. The second-order valence-corrected chi connectivity index (χ2v) is 4.71. The number of aryl methyl sites for hydroxylation is 1. The van der Waals surface area contributed by atoms with Gasteiger partial charge in [-0.05, 0) is 31.2 Å². The topological polar surface area (TPSA) is 20.3 Å². The van der Waals surface area contributed by atoms with Gasteiger partial charge in [0, 0.05) is 7.05 Å². The second-order valence-electron chi connectivity index (χ2n) is 4.30. The van der Waals surface area contributed by atoms with Gasteiger partial charge in [-0.25, -0.2) is 4.39 Å². The number of hydrogen-bond acceptors (Lipinski definition) is 1. The molecule has 19 heavy (non-hydrogen) atoms. The van der Waals surface area contributed by atoms with Crippen LogP contribution in [0.3, 0.4) is 0 Å². The van der Waals surface area contributed by atoms with E-state index in [2.05, 4.69) is 0 Å². The molecule has 2 nitrogen and oxygen atoms in total. The average Bonchev–Trinajstić information content (AvgIpc) is 2.40. The van der Waals surface area contributed by atoms with Crippen molar-refractivity contribution in [2.24, 2.45) is 0 Å². The molecular weight excluding hydrogens is 265 g/mol. The van der Waals surface area contributed by atoms with Crippen LogP contribution >= 0.6 is 11.6 Å². The van der Waals surface area contributed by atoms with E-state index in [1.807, 2.05) is 13.0 Å². The van der Waals surface area contributed by atoms with Crippen LogP contribution in [0.15, 0.2) is 42.5 Å². The van der Waals surface area contributed by atoms with Crippen LogP contribution in [-0.2, 0) is 0 Å². The lowest BCUT2D eigenvalue weighted by atomic mass is 10.1. The van der Waals surface area contributed by atoms with Gasteiger partial charge in [0.2, 0.25) is 0 Å². The van der Waals surface area contributed by atoms with Crippen LogP contribution in [0.25, 0.3) is 0 Å². The molecule has 0 heterocycles. The molecule has 0 saturated carbocycles. The minimum Gasteiger partial charge on any atom is -0.309 e. The maximum Gasteiger partial charge on any atom is 0.259 e. The molecule has 0 radical (unpaired) electrons. The summed E-state index contributed by atoms with van der Waals surface area (Å²) in [6, 6.07) is 11.3. The van der Waals surface area contributed by atoms with Gasteiger partial charge in [-0.1, -0.05) is 35.4 Å². The lowest BCUT2D eigenvalue weighted by Gasteiger charge is -2.18. The number of anilines is 1. The molecule has 1 amide bonds. The molecular formula is C15H13ClFNO. The quantitative estimate of drug-likeness (QED) is 0.810. The van der Waals surface area contributed by atoms with E-state index in [0.717, 1.165) is 5.56 Å². The first-order chi connectivity index (χ1) is 9.00. The lowest BCUT2D eigenvalue weighted by Crippen LogP contribution is -2.27. The monoisotopic (exact) mass is 277 g/mol. The van der Waals surface area contributed by atoms with E-state index in [1.165, 1.54) is 18.0 Å². The molecule has 0 aliphatic rings. The van der Waals surface area contributed by atoms with Gasteiger partial charge < -0.3 is 4.90 Å². The fraction of sp³-hybridized carbons (Fsp3) is 0.133. The molecule has 0 saturated heterocycles. The molecule has 2 rings (SSSR count). The number of hydrogen-bond donors (Lipinski definition) is 0. The van der Waals surface area contributed by atoms with Crippen molar-refractivity contribution in [3.05, 3.63) is 64.4 Å². The van der Waals surface area contributed by atoms with Crippen molar-refractivity contribution in [3.63, 3.8) is 0 Å². The molecule has 0 aromatic heterocycles. The second kappa shape index (κ2) is 5.41. The zero-order valence-corrected chi connectivity index (χ0v) is 11.4. The van der Waals surface area contributed by atoms with Gasteiger partial charge in [0.05, 0.1) is 16.3 Å². The van der Waals surface area contributed by atoms with Crippen molar-refractivity contribution in [2.75, 3.05) is 11.9 Å². The highest BCUT2D eigenvalue weighted by atomic mass is 35.5. The van der Waals surface area contributed by atoms with Gasteiger partial charge in [0.1, 0.15) is 5.82 Å². The third-order valence-corrected chi connectivity index (χ3v) is 3.20. The zero-order valence-electron chi connectivity index (χ0n) is 10.7. The molecule has 0 unspecified atom stereocenters. The SMILES string of the molecule is Cc1ccc(Cl)c(C(=O)N(C)c2ccccc2F)c1. The molecule has 98 valence electrons. The minimum absolute atomic E-state index is 0.227. The zero-order chi connectivity index (χ0) is 14.0. The first-order valence-electron chi connectivity index (χ1n) is 5.79. The third kappa shape index (κ3) is 2.76. The Morgan fingerprint density at radius 2 is 1.89 bits per heavy atom. The Morgan fingerprint density at radius 1 is 1.21 bits per heavy atom. The van der Waals surface area contributed by atoms with Gasteiger partial charge in [-0.3, -0.25) is 4.79 Å². The third-order valence-electron chi connectivity index (χ3n) is 2.87. The number of carbonyl (C=O) groups is 1. The molecule has 0 bridgehead atoms. The van der Waals surface area contributed by atoms with Gasteiger partial charge in [0.15, 0.2) is 0 Å². The number of halogens is 2. The average molecular weight is 278 g/mol. The summed E-state index contributed by atoms with van der Waals surface area (Å²) >= 11 is 6.02. The smallest absolute Gasteiger partial charge is 0.259 e. The molecule has 0 N–H and O–H groups in total. The van der Waals surface area contributed by atoms with Crippen molar-refractivity contribution in [1.29, 1.82) is 0 Å². The van der Waals surface area contributed by atoms with Crippen molar-refractivity contribution in [3.8, 4) is 0 Å². The van der Waals surface area contributed by atoms with Gasteiger partial charge in [-0.2, -0.15) is 0 Å². The molecule has 0 aliphatic heterocycles. The summed E-state index contributed by atoms with van der Waals surface area (Å²) < 4.78 is 13.7. The summed E-state index contributed by atoms with van der Waals surface area (Å²) in [7, 11) is 1.53. The maximum atomic E-state index is 13.7. The highest BCUT2D eigenvalue weighted by Crippen LogP contribution is 2.23. The van der Waals surface area contributed by atoms with E-state index >= 15 is 0 Å². The van der Waals surface area contributed by atoms with Crippen LogP contribution < -0.4 is 4.90 Å². The first kappa shape index (κ1) is 13.6. The number of carbonyl (C=O) groups excluding carboxylic acids is 1. The van der Waals surface area contributed by atoms with Crippen LogP contribution in [0.5, 0.6) is 0 Å². The van der Waals surface area contributed by atoms with E-state index in [9.17, 15) is 9.18 Å². The predicted molar refractivity (Wildman–Crippen MR) is 75.3 cm³/mol. The predicted octanol–water partition coefficient (Wildman–Crippen LogP) is 4.06. The van der Waals surface area contributed by atoms with Crippen molar-refractivity contribution < 1.29 is 9.18 Å². The molecule has 0 atom stereocenters. The summed E-state index contributed by atoms with van der Waals surface area (Å²) in [6.07, 6.45) is 0. The summed E-state index contributed by atoms with van der Waals surface area (Å²) in [6.45, 7) is 1.87. The summed E-state index contributed by atoms with van der Waals surface area (Å²) in [5.41, 5.74) is 1.52. The first-order valence-corrected chi connectivity index (χ1v) is 6.17. The molecule has 0 aliphatic carbocycles. The standard InChI is InChI=1S/C15H13ClFNO/c1-10-7-8-12(16)11(9-10)15(19)18(2)14-6-4-3-5-13(14)17/h3-9H,1-2H3. The fourth-order valence-electron chi connectivity index (χ4n) is 1.82. The van der Waals surface area contributed by atoms with E-state index in [1.54, 1.807) is 30.3 Å². The Balaban J connectivity index is 2.39. The largest absolute Gasteiger partial charge is 0.309 e. The van der Waals surface area contributed by atoms with Crippen LogP contribution in [0, 0.1) is 12.7 Å². The molecule has 0 spiro atoms. The Hall–Kier alpha value is -1.87. The van der Waals surface area contributed by atoms with Crippen LogP contribution in [0.1, 0.15) is 15.9 Å². The summed E-state index contributed by atoms with van der Waals surface area (Å²) in [4.78, 5) is 13.6. The van der Waals surface area contributed by atoms with Crippen LogP contribution in [0.4, 0.5) is 10.1 Å². The highest BCUT2D eigenvalue weighted by molar-refractivity contribution is 6.34. The Kier molecular flexibility index (Phi) is 3.86. The van der Waals surface area contributed by atoms with E-state index in [0.29, 0.717) is 10.6 Å². The molecule has 2 aromatic carbocycles. The van der Waals surface area contributed by atoms with Crippen molar-refractivity contribution in [2.45, 2.75) is 6.92 Å². The molecule has 4 heteroatoms. The Bertz CT molecular complexity index is 627. The minimum atomic E-state index is -0.442. The van der Waals surface area contributed by atoms with Gasteiger partial charge in [0.25, 0.3) is 5.91 Å². The van der Waals surface area contributed by atoms with Gasteiger partial charge in [-0.15, -0.1) is 0 Å². The maximum absolute atomic E-state index is 13.7. The number of benzene rings is 2. The number of nitrogens with zero attached hydrogens (tertiary/aromatic N) is 1. The number of para-hydroxylation sites is 1. The number of amides is 1. The lowest BCUT2D eigenvalue weighted by molar-refractivity contribution is 0.0992. The van der Waals surface area contributed by atoms with Gasteiger partial charge >= 0.3 is 0 Å². The fourth-order valence-corrected chi connectivity index (χ4v) is 2.02. The summed E-state index contributed by atoms with van der Waals surface area (Å²) in [5, 5.41) is 0.360. The van der Waals surface area contributed by atoms with Crippen molar-refractivity contribution >= 4 is 23.2 Å². The highest BCUT2D eigenvalue weighted by Gasteiger charge is 2.18. The van der Waals surface area contributed by atoms with E-state index in [4.69, 9.17) is 11.6 Å². The normalized spacial score (nSPS) is 10.3. The van der Waals surface area contributed by atoms with E-state index < -0.39 is 5.82 Å². The van der Waals surface area contributed by atoms with Crippen LogP contribution in [-0.4, -0.2) is 13.0 Å². The Morgan fingerprint density at radius 3 is 2.58 bits per heavy atom. The van der Waals surface area contributed by atoms with Crippen molar-refractivity contribution in [1.82, 2.24) is 0 Å². The van der Waals surface area contributed by atoms with E-state index in [-0.39, 0.29) is 11.6 Å². The Labute approximate surface area is 116 Å². The molecule has 0 fully saturated rings. The molecule has 2 aromatic rings. The number of rotatable bonds is 2. The van der Waals surface area contributed by atoms with Crippen LogP contribution in [0.2, 0.25) is 5.02 Å².